The molecular formula is C12H17N. The van der Waals surface area contributed by atoms with Crippen molar-refractivity contribution in [1.29, 1.82) is 0 Å². The summed E-state index contributed by atoms with van der Waals surface area (Å²) in [5.74, 6) is 0. The van der Waals surface area contributed by atoms with Gasteiger partial charge >= 0.3 is 0 Å². The second-order valence-corrected chi connectivity index (χ2v) is 2.96. The van der Waals surface area contributed by atoms with Gasteiger partial charge in [-0.05, 0) is 42.5 Å². The minimum Gasteiger partial charge on any atom is -0.264 e. The molecule has 2 rings (SSSR count). The molecule has 1 heteroatoms. The molecule has 0 saturated carbocycles. The molecule has 0 spiro atoms. The van der Waals surface area contributed by atoms with Crippen molar-refractivity contribution in [1.82, 2.24) is 4.98 Å². The van der Waals surface area contributed by atoms with Crippen molar-refractivity contribution >= 4 is 5.57 Å². The monoisotopic (exact) mass is 175 g/mol. The number of hydrogen-bond acceptors (Lipinski definition) is 1. The van der Waals surface area contributed by atoms with E-state index in [-0.39, 0.29) is 0 Å². The van der Waals surface area contributed by atoms with Crippen LogP contribution in [-0.2, 0) is 6.42 Å². The number of aryl methyl sites for hydroxylation is 1. The van der Waals surface area contributed by atoms with Crippen LogP contribution in [0, 0.1) is 0 Å². The van der Waals surface area contributed by atoms with Crippen LogP contribution in [-0.4, -0.2) is 4.98 Å². The summed E-state index contributed by atoms with van der Waals surface area (Å²) in [7, 11) is 0. The number of nitrogens with zero attached hydrogens (tertiary/aromatic N) is 1. The molecule has 1 aliphatic carbocycles. The standard InChI is InChI=1S/C10H11N.C2H6/c1-8-3-2-4-9-5-6-11-7-10(8)9;1-2/h3,5-7H,2,4H2,1H3;1-2H3. The van der Waals surface area contributed by atoms with E-state index in [0.29, 0.717) is 0 Å². The van der Waals surface area contributed by atoms with Gasteiger partial charge in [-0.3, -0.25) is 4.98 Å². The first-order valence-electron chi connectivity index (χ1n) is 4.98. The van der Waals surface area contributed by atoms with Crippen molar-refractivity contribution in [2.75, 3.05) is 0 Å². The summed E-state index contributed by atoms with van der Waals surface area (Å²) in [4.78, 5) is 4.11. The van der Waals surface area contributed by atoms with Crippen LogP contribution >= 0.6 is 0 Å². The van der Waals surface area contributed by atoms with Crippen LogP contribution in [0.1, 0.15) is 38.3 Å². The number of fused-ring (bicyclic) bond motifs is 1. The summed E-state index contributed by atoms with van der Waals surface area (Å²) in [6, 6.07) is 2.12. The molecule has 1 aromatic rings. The van der Waals surface area contributed by atoms with Gasteiger partial charge in [0.25, 0.3) is 0 Å². The Labute approximate surface area is 80.5 Å². The van der Waals surface area contributed by atoms with E-state index in [1.165, 1.54) is 29.5 Å². The lowest BCUT2D eigenvalue weighted by Crippen LogP contribution is -1.97. The van der Waals surface area contributed by atoms with Crippen LogP contribution in [0.3, 0.4) is 0 Å². The lowest BCUT2D eigenvalue weighted by Gasteiger charge is -2.12. The van der Waals surface area contributed by atoms with E-state index in [2.05, 4.69) is 24.1 Å². The normalized spacial score (nSPS) is 13.6. The van der Waals surface area contributed by atoms with E-state index < -0.39 is 0 Å². The fraction of sp³-hybridized carbons (Fsp3) is 0.417. The van der Waals surface area contributed by atoms with Crippen molar-refractivity contribution in [2.45, 2.75) is 33.6 Å². The lowest BCUT2D eigenvalue weighted by atomic mass is 9.94. The predicted molar refractivity (Wildman–Crippen MR) is 57.6 cm³/mol. The maximum Gasteiger partial charge on any atom is 0.0345 e. The molecule has 70 valence electrons. The first-order valence-corrected chi connectivity index (χ1v) is 4.98. The zero-order valence-electron chi connectivity index (χ0n) is 8.67. The highest BCUT2D eigenvalue weighted by atomic mass is 14.6. The third-order valence-corrected chi connectivity index (χ3v) is 2.20. The van der Waals surface area contributed by atoms with Gasteiger partial charge < -0.3 is 0 Å². The number of pyridine rings is 1. The molecule has 1 aromatic heterocycles. The Balaban J connectivity index is 0.000000396. The molecule has 0 N–H and O–H groups in total. The number of hydrogen-bond donors (Lipinski definition) is 0. The summed E-state index contributed by atoms with van der Waals surface area (Å²) in [5.41, 5.74) is 4.15. The molecule has 13 heavy (non-hydrogen) atoms. The summed E-state index contributed by atoms with van der Waals surface area (Å²) < 4.78 is 0. The van der Waals surface area contributed by atoms with Gasteiger partial charge in [0.15, 0.2) is 0 Å². The maximum atomic E-state index is 4.11. The first-order chi connectivity index (χ1) is 6.38. The molecule has 0 bridgehead atoms. The second-order valence-electron chi connectivity index (χ2n) is 2.96. The van der Waals surface area contributed by atoms with Crippen molar-refractivity contribution in [3.8, 4) is 0 Å². The Morgan fingerprint density at radius 3 is 2.77 bits per heavy atom. The van der Waals surface area contributed by atoms with Crippen LogP contribution < -0.4 is 0 Å². The molecule has 0 radical (unpaired) electrons. The molecule has 1 aliphatic rings. The van der Waals surface area contributed by atoms with Gasteiger partial charge in [0.1, 0.15) is 0 Å². The Bertz CT molecular complexity index is 300. The van der Waals surface area contributed by atoms with Gasteiger partial charge in [0, 0.05) is 12.4 Å². The fourth-order valence-corrected chi connectivity index (χ4v) is 1.55. The highest BCUT2D eigenvalue weighted by Crippen LogP contribution is 2.24. The van der Waals surface area contributed by atoms with Crippen LogP contribution in [0.4, 0.5) is 0 Å². The summed E-state index contributed by atoms with van der Waals surface area (Å²) in [6.45, 7) is 6.15. The van der Waals surface area contributed by atoms with Crippen molar-refractivity contribution in [3.63, 3.8) is 0 Å². The number of rotatable bonds is 0. The third-order valence-electron chi connectivity index (χ3n) is 2.20. The summed E-state index contributed by atoms with van der Waals surface area (Å²) >= 11 is 0. The molecule has 0 fully saturated rings. The Kier molecular flexibility index (Phi) is 3.69. The molecule has 0 amide bonds. The molecular weight excluding hydrogens is 158 g/mol. The largest absolute Gasteiger partial charge is 0.264 e. The molecule has 1 heterocycles. The Morgan fingerprint density at radius 2 is 2.08 bits per heavy atom. The number of allylic oxidation sites excluding steroid dienone is 2. The van der Waals surface area contributed by atoms with Gasteiger partial charge in [-0.15, -0.1) is 0 Å². The van der Waals surface area contributed by atoms with Crippen LogP contribution in [0.25, 0.3) is 5.57 Å². The van der Waals surface area contributed by atoms with E-state index in [0.717, 1.165) is 0 Å². The zero-order valence-corrected chi connectivity index (χ0v) is 8.67. The van der Waals surface area contributed by atoms with E-state index in [4.69, 9.17) is 0 Å². The highest BCUT2D eigenvalue weighted by molar-refractivity contribution is 5.67. The van der Waals surface area contributed by atoms with Crippen LogP contribution in [0.2, 0.25) is 0 Å². The minimum absolute atomic E-state index is 1.18. The van der Waals surface area contributed by atoms with Crippen molar-refractivity contribution < 1.29 is 0 Å². The average Bonchev–Trinajstić information content (AvgIpc) is 2.22. The summed E-state index contributed by atoms with van der Waals surface area (Å²) in [5, 5.41) is 0. The van der Waals surface area contributed by atoms with E-state index >= 15 is 0 Å². The third kappa shape index (κ3) is 2.18. The average molecular weight is 175 g/mol. The Hall–Kier alpha value is -1.11. The molecule has 0 atom stereocenters. The lowest BCUT2D eigenvalue weighted by molar-refractivity contribution is 0.966. The fourth-order valence-electron chi connectivity index (χ4n) is 1.55. The minimum atomic E-state index is 1.18. The van der Waals surface area contributed by atoms with Gasteiger partial charge in [-0.1, -0.05) is 19.9 Å². The van der Waals surface area contributed by atoms with Crippen LogP contribution in [0.5, 0.6) is 0 Å². The van der Waals surface area contributed by atoms with Crippen LogP contribution in [0.15, 0.2) is 24.5 Å². The molecule has 0 saturated heterocycles. The maximum absolute atomic E-state index is 4.11. The molecule has 0 aliphatic heterocycles. The quantitative estimate of drug-likeness (QED) is 0.588. The van der Waals surface area contributed by atoms with Crippen molar-refractivity contribution in [2.24, 2.45) is 0 Å². The Morgan fingerprint density at radius 1 is 1.31 bits per heavy atom. The topological polar surface area (TPSA) is 12.9 Å². The van der Waals surface area contributed by atoms with Gasteiger partial charge in [0.2, 0.25) is 0 Å². The van der Waals surface area contributed by atoms with Gasteiger partial charge in [0.05, 0.1) is 0 Å². The van der Waals surface area contributed by atoms with Crippen molar-refractivity contribution in [3.05, 3.63) is 35.7 Å². The second kappa shape index (κ2) is 4.80. The molecule has 0 aromatic carbocycles. The van der Waals surface area contributed by atoms with E-state index in [9.17, 15) is 0 Å². The summed E-state index contributed by atoms with van der Waals surface area (Å²) in [6.07, 6.45) is 8.47. The zero-order chi connectivity index (χ0) is 9.68. The molecule has 1 nitrogen and oxygen atoms in total. The molecule has 0 unspecified atom stereocenters. The van der Waals surface area contributed by atoms with E-state index in [1.54, 1.807) is 0 Å². The smallest absolute Gasteiger partial charge is 0.0345 e. The SMILES string of the molecule is CC.CC1=CCCc2ccncc21. The first kappa shape index (κ1) is 9.97. The number of aromatic nitrogens is 1. The van der Waals surface area contributed by atoms with Gasteiger partial charge in [-0.2, -0.15) is 0 Å². The predicted octanol–water partition coefficient (Wildman–Crippen LogP) is 3.46. The van der Waals surface area contributed by atoms with E-state index in [1.807, 2.05) is 26.2 Å². The van der Waals surface area contributed by atoms with Gasteiger partial charge in [-0.25, -0.2) is 0 Å². The highest BCUT2D eigenvalue weighted by Gasteiger charge is 2.07.